The number of aliphatic imine (C=N–C) groups is 1. The SMILES string of the molecule is CCCNC(=NCc1cccc(NC(=O)N2CCCC2)c1)NCC. The van der Waals surface area contributed by atoms with Crippen LogP contribution in [-0.2, 0) is 6.54 Å². The molecular weight excluding hydrogens is 302 g/mol. The van der Waals surface area contributed by atoms with Gasteiger partial charge in [-0.2, -0.15) is 0 Å². The summed E-state index contributed by atoms with van der Waals surface area (Å²) in [5, 5.41) is 9.50. The molecule has 0 bridgehead atoms. The molecule has 1 saturated heterocycles. The van der Waals surface area contributed by atoms with E-state index in [1.807, 2.05) is 29.2 Å². The zero-order valence-corrected chi connectivity index (χ0v) is 14.8. The van der Waals surface area contributed by atoms with Crippen molar-refractivity contribution in [1.82, 2.24) is 15.5 Å². The van der Waals surface area contributed by atoms with E-state index in [-0.39, 0.29) is 6.03 Å². The molecule has 1 aliphatic heterocycles. The number of anilines is 1. The number of carbonyl (C=O) groups is 1. The Morgan fingerprint density at radius 3 is 2.71 bits per heavy atom. The molecular formula is C18H29N5O. The Hall–Kier alpha value is -2.24. The number of hydrogen-bond acceptors (Lipinski definition) is 2. The number of benzene rings is 1. The predicted octanol–water partition coefficient (Wildman–Crippen LogP) is 2.78. The highest BCUT2D eigenvalue weighted by molar-refractivity contribution is 5.89. The van der Waals surface area contributed by atoms with Crippen LogP contribution >= 0.6 is 0 Å². The number of likely N-dealkylation sites (tertiary alicyclic amines) is 1. The Labute approximate surface area is 144 Å². The molecule has 1 aromatic carbocycles. The van der Waals surface area contributed by atoms with Gasteiger partial charge in [-0.3, -0.25) is 0 Å². The van der Waals surface area contributed by atoms with E-state index in [2.05, 4.69) is 34.8 Å². The van der Waals surface area contributed by atoms with Crippen molar-refractivity contribution in [2.24, 2.45) is 4.99 Å². The summed E-state index contributed by atoms with van der Waals surface area (Å²) >= 11 is 0. The third-order valence-electron chi connectivity index (χ3n) is 3.88. The normalized spacial score (nSPS) is 14.6. The van der Waals surface area contributed by atoms with E-state index in [1.165, 1.54) is 0 Å². The van der Waals surface area contributed by atoms with Crippen LogP contribution in [0.1, 0.15) is 38.7 Å². The predicted molar refractivity (Wildman–Crippen MR) is 99.4 cm³/mol. The highest BCUT2D eigenvalue weighted by Crippen LogP contribution is 2.14. The minimum atomic E-state index is -0.00824. The van der Waals surface area contributed by atoms with E-state index in [1.54, 1.807) is 0 Å². The average Bonchev–Trinajstić information content (AvgIpc) is 3.12. The van der Waals surface area contributed by atoms with Crippen molar-refractivity contribution in [2.45, 2.75) is 39.7 Å². The molecule has 1 aromatic rings. The maximum absolute atomic E-state index is 12.2. The van der Waals surface area contributed by atoms with Crippen LogP contribution in [0.5, 0.6) is 0 Å². The minimum absolute atomic E-state index is 0.00824. The van der Waals surface area contributed by atoms with Gasteiger partial charge < -0.3 is 20.9 Å². The number of guanidine groups is 1. The van der Waals surface area contributed by atoms with Gasteiger partial charge in [0.2, 0.25) is 0 Å². The number of rotatable bonds is 6. The second kappa shape index (κ2) is 9.80. The lowest BCUT2D eigenvalue weighted by Crippen LogP contribution is -2.37. The monoisotopic (exact) mass is 331 g/mol. The van der Waals surface area contributed by atoms with Gasteiger partial charge >= 0.3 is 6.03 Å². The van der Waals surface area contributed by atoms with Crippen LogP contribution in [0.2, 0.25) is 0 Å². The van der Waals surface area contributed by atoms with Gasteiger partial charge in [0.1, 0.15) is 0 Å². The Balaban J connectivity index is 1.94. The van der Waals surface area contributed by atoms with Gasteiger partial charge in [-0.15, -0.1) is 0 Å². The molecule has 6 nitrogen and oxygen atoms in total. The molecule has 1 heterocycles. The van der Waals surface area contributed by atoms with E-state index in [4.69, 9.17) is 0 Å². The lowest BCUT2D eigenvalue weighted by Gasteiger charge is -2.16. The third-order valence-corrected chi connectivity index (χ3v) is 3.88. The standard InChI is InChI=1S/C18H29N5O/c1-3-10-20-17(19-4-2)21-14-15-8-7-9-16(13-15)22-18(24)23-11-5-6-12-23/h7-9,13H,3-6,10-12,14H2,1-2H3,(H,22,24)(H2,19,20,21). The highest BCUT2D eigenvalue weighted by Gasteiger charge is 2.17. The molecule has 1 fully saturated rings. The number of carbonyl (C=O) groups excluding carboxylic acids is 1. The number of urea groups is 1. The van der Waals surface area contributed by atoms with Gasteiger partial charge in [0.25, 0.3) is 0 Å². The number of hydrogen-bond donors (Lipinski definition) is 3. The molecule has 0 aromatic heterocycles. The first-order valence-electron chi connectivity index (χ1n) is 8.90. The Kier molecular flexibility index (Phi) is 7.39. The largest absolute Gasteiger partial charge is 0.357 e. The van der Waals surface area contributed by atoms with Crippen LogP contribution in [0, 0.1) is 0 Å². The van der Waals surface area contributed by atoms with Gasteiger partial charge in [0.15, 0.2) is 5.96 Å². The number of nitrogens with one attached hydrogen (secondary N) is 3. The second-order valence-corrected chi connectivity index (χ2v) is 5.95. The summed E-state index contributed by atoms with van der Waals surface area (Å²) in [5.74, 6) is 0.825. The summed E-state index contributed by atoms with van der Waals surface area (Å²) in [4.78, 5) is 18.6. The van der Waals surface area contributed by atoms with Crippen molar-refractivity contribution in [2.75, 3.05) is 31.5 Å². The molecule has 2 rings (SSSR count). The molecule has 0 aliphatic carbocycles. The Morgan fingerprint density at radius 2 is 2.00 bits per heavy atom. The first-order chi connectivity index (χ1) is 11.7. The van der Waals surface area contributed by atoms with E-state index < -0.39 is 0 Å². The minimum Gasteiger partial charge on any atom is -0.357 e. The molecule has 132 valence electrons. The van der Waals surface area contributed by atoms with Crippen LogP contribution in [-0.4, -0.2) is 43.1 Å². The van der Waals surface area contributed by atoms with Crippen molar-refractivity contribution >= 4 is 17.7 Å². The maximum atomic E-state index is 12.2. The molecule has 0 atom stereocenters. The number of nitrogens with zero attached hydrogens (tertiary/aromatic N) is 2. The van der Waals surface area contributed by atoms with E-state index in [9.17, 15) is 4.79 Å². The second-order valence-electron chi connectivity index (χ2n) is 5.95. The fourth-order valence-electron chi connectivity index (χ4n) is 2.63. The smallest absolute Gasteiger partial charge is 0.321 e. The van der Waals surface area contributed by atoms with Gasteiger partial charge in [0.05, 0.1) is 6.54 Å². The topological polar surface area (TPSA) is 68.8 Å². The van der Waals surface area contributed by atoms with Crippen molar-refractivity contribution in [1.29, 1.82) is 0 Å². The Morgan fingerprint density at radius 1 is 1.21 bits per heavy atom. The molecule has 2 amide bonds. The highest BCUT2D eigenvalue weighted by atomic mass is 16.2. The van der Waals surface area contributed by atoms with Crippen molar-refractivity contribution in [3.05, 3.63) is 29.8 Å². The summed E-state index contributed by atoms with van der Waals surface area (Å²) < 4.78 is 0. The fourth-order valence-corrected chi connectivity index (χ4v) is 2.63. The zero-order valence-electron chi connectivity index (χ0n) is 14.8. The van der Waals surface area contributed by atoms with Gasteiger partial charge in [-0.25, -0.2) is 9.79 Å². The summed E-state index contributed by atoms with van der Waals surface area (Å²) in [6.07, 6.45) is 3.25. The summed E-state index contributed by atoms with van der Waals surface area (Å²) in [6.45, 7) is 8.20. The van der Waals surface area contributed by atoms with Crippen LogP contribution in [0.4, 0.5) is 10.5 Å². The molecule has 6 heteroatoms. The fraction of sp³-hybridized carbons (Fsp3) is 0.556. The number of amides is 2. The summed E-state index contributed by atoms with van der Waals surface area (Å²) in [7, 11) is 0. The van der Waals surface area contributed by atoms with E-state index >= 15 is 0 Å². The quantitative estimate of drug-likeness (QED) is 0.554. The van der Waals surface area contributed by atoms with Gasteiger partial charge in [0, 0.05) is 31.9 Å². The Bertz CT molecular complexity index is 552. The summed E-state index contributed by atoms with van der Waals surface area (Å²) in [6, 6.07) is 7.88. The lowest BCUT2D eigenvalue weighted by atomic mass is 10.2. The first-order valence-corrected chi connectivity index (χ1v) is 8.90. The average molecular weight is 331 g/mol. The first kappa shape index (κ1) is 18.1. The van der Waals surface area contributed by atoms with E-state index in [0.29, 0.717) is 6.54 Å². The molecule has 1 aliphatic rings. The van der Waals surface area contributed by atoms with Crippen LogP contribution in [0.25, 0.3) is 0 Å². The van der Waals surface area contributed by atoms with Crippen molar-refractivity contribution < 1.29 is 4.79 Å². The van der Waals surface area contributed by atoms with Crippen LogP contribution in [0.3, 0.4) is 0 Å². The van der Waals surface area contributed by atoms with E-state index in [0.717, 1.165) is 62.7 Å². The summed E-state index contributed by atoms with van der Waals surface area (Å²) in [5.41, 5.74) is 1.90. The third kappa shape index (κ3) is 5.76. The molecule has 24 heavy (non-hydrogen) atoms. The molecule has 0 unspecified atom stereocenters. The molecule has 0 spiro atoms. The molecule has 0 saturated carbocycles. The van der Waals surface area contributed by atoms with Crippen LogP contribution in [0.15, 0.2) is 29.3 Å². The molecule has 3 N–H and O–H groups in total. The zero-order chi connectivity index (χ0) is 17.2. The molecule has 0 radical (unpaired) electrons. The van der Waals surface area contributed by atoms with Crippen LogP contribution < -0.4 is 16.0 Å². The van der Waals surface area contributed by atoms with Crippen molar-refractivity contribution in [3.63, 3.8) is 0 Å². The maximum Gasteiger partial charge on any atom is 0.321 e. The van der Waals surface area contributed by atoms with Gasteiger partial charge in [-0.1, -0.05) is 19.1 Å². The van der Waals surface area contributed by atoms with Crippen molar-refractivity contribution in [3.8, 4) is 0 Å². The lowest BCUT2D eigenvalue weighted by molar-refractivity contribution is 0.222. The van der Waals surface area contributed by atoms with Gasteiger partial charge in [-0.05, 0) is 43.9 Å².